The van der Waals surface area contributed by atoms with E-state index in [1.54, 1.807) is 0 Å². The zero-order valence-electron chi connectivity index (χ0n) is 11.6. The Balaban J connectivity index is 2.05. The second kappa shape index (κ2) is 6.44. The second-order valence-electron chi connectivity index (χ2n) is 4.87. The smallest absolute Gasteiger partial charge is 0.294 e. The first-order valence-electron chi connectivity index (χ1n) is 6.52. The maximum Gasteiger partial charge on any atom is 0.416 e. The van der Waals surface area contributed by atoms with Gasteiger partial charge in [0.1, 0.15) is 0 Å². The van der Waals surface area contributed by atoms with Crippen molar-refractivity contribution in [2.24, 2.45) is 0 Å². The van der Waals surface area contributed by atoms with E-state index < -0.39 is 35.0 Å². The van der Waals surface area contributed by atoms with Gasteiger partial charge in [0.05, 0.1) is 5.56 Å². The lowest BCUT2D eigenvalue weighted by Gasteiger charge is -2.07. The number of carbonyl (C=O) groups is 1. The molecule has 0 fully saturated rings. The lowest BCUT2D eigenvalue weighted by Crippen LogP contribution is -2.06. The topological polar surface area (TPSA) is 17.1 Å². The van der Waals surface area contributed by atoms with Gasteiger partial charge in [0, 0.05) is 12.0 Å². The van der Waals surface area contributed by atoms with Crippen LogP contribution in [-0.2, 0) is 12.6 Å². The van der Waals surface area contributed by atoms with E-state index in [4.69, 9.17) is 0 Å². The van der Waals surface area contributed by atoms with E-state index in [0.717, 1.165) is 36.4 Å². The molecule has 1 nitrogen and oxygen atoms in total. The molecule has 2 aromatic rings. The van der Waals surface area contributed by atoms with Gasteiger partial charge in [0.15, 0.2) is 23.2 Å². The van der Waals surface area contributed by atoms with Crippen LogP contribution in [0.5, 0.6) is 0 Å². The molecule has 0 bridgehead atoms. The number of halogens is 6. The van der Waals surface area contributed by atoms with Crippen LogP contribution in [0.2, 0.25) is 0 Å². The minimum absolute atomic E-state index is 0.0565. The van der Waals surface area contributed by atoms with Crippen molar-refractivity contribution >= 4 is 5.78 Å². The molecule has 0 aliphatic heterocycles. The van der Waals surface area contributed by atoms with Crippen LogP contribution in [-0.4, -0.2) is 5.78 Å². The van der Waals surface area contributed by atoms with Crippen LogP contribution in [0.25, 0.3) is 0 Å². The van der Waals surface area contributed by atoms with Crippen molar-refractivity contribution in [2.75, 3.05) is 0 Å². The van der Waals surface area contributed by atoms with Crippen LogP contribution < -0.4 is 0 Å². The molecular weight excluding hydrogens is 322 g/mol. The molecule has 0 aromatic heterocycles. The molecule has 0 unspecified atom stereocenters. The van der Waals surface area contributed by atoms with Crippen LogP contribution in [0.15, 0.2) is 36.4 Å². The van der Waals surface area contributed by atoms with Gasteiger partial charge in [-0.25, -0.2) is 13.2 Å². The SMILES string of the molecule is O=C(CCc1cc(F)c(F)c(F)c1)c1ccc(C(F)(F)F)cc1. The van der Waals surface area contributed by atoms with Gasteiger partial charge in [-0.3, -0.25) is 4.79 Å². The molecule has 0 heterocycles. The fourth-order valence-corrected chi connectivity index (χ4v) is 2.00. The molecule has 0 saturated heterocycles. The monoisotopic (exact) mass is 332 g/mol. The normalized spacial score (nSPS) is 11.6. The molecule has 122 valence electrons. The third kappa shape index (κ3) is 4.12. The van der Waals surface area contributed by atoms with E-state index in [-0.39, 0.29) is 24.0 Å². The molecule has 0 N–H and O–H groups in total. The van der Waals surface area contributed by atoms with Gasteiger partial charge in [-0.05, 0) is 36.2 Å². The molecule has 0 saturated carbocycles. The van der Waals surface area contributed by atoms with Gasteiger partial charge < -0.3 is 0 Å². The van der Waals surface area contributed by atoms with E-state index in [2.05, 4.69) is 0 Å². The fourth-order valence-electron chi connectivity index (χ4n) is 2.00. The Morgan fingerprint density at radius 1 is 0.913 bits per heavy atom. The number of aryl methyl sites for hydroxylation is 1. The number of hydrogen-bond acceptors (Lipinski definition) is 1. The average molecular weight is 332 g/mol. The first-order valence-corrected chi connectivity index (χ1v) is 6.52. The van der Waals surface area contributed by atoms with Crippen LogP contribution in [0.1, 0.15) is 27.9 Å². The largest absolute Gasteiger partial charge is 0.416 e. The van der Waals surface area contributed by atoms with Gasteiger partial charge in [-0.15, -0.1) is 0 Å². The second-order valence-corrected chi connectivity index (χ2v) is 4.87. The average Bonchev–Trinajstić information content (AvgIpc) is 2.49. The van der Waals surface area contributed by atoms with Crippen LogP contribution in [0, 0.1) is 17.5 Å². The maximum atomic E-state index is 13.0. The summed E-state index contributed by atoms with van der Waals surface area (Å²) >= 11 is 0. The van der Waals surface area contributed by atoms with E-state index >= 15 is 0 Å². The lowest BCUT2D eigenvalue weighted by molar-refractivity contribution is -0.137. The van der Waals surface area contributed by atoms with E-state index in [9.17, 15) is 31.1 Å². The molecule has 0 aliphatic carbocycles. The molecule has 2 rings (SSSR count). The third-order valence-corrected chi connectivity index (χ3v) is 3.22. The molecule has 23 heavy (non-hydrogen) atoms. The summed E-state index contributed by atoms with van der Waals surface area (Å²) in [4.78, 5) is 11.9. The minimum Gasteiger partial charge on any atom is -0.294 e. The molecule has 0 atom stereocenters. The predicted octanol–water partition coefficient (Wildman–Crippen LogP) is 4.94. The standard InChI is InChI=1S/C16H10F6O/c17-12-7-9(8-13(18)15(12)19)1-6-14(23)10-2-4-11(5-3-10)16(20,21)22/h2-5,7-8H,1,6H2. The van der Waals surface area contributed by atoms with Crippen molar-refractivity contribution in [2.45, 2.75) is 19.0 Å². The molecule has 0 spiro atoms. The fraction of sp³-hybridized carbons (Fsp3) is 0.188. The highest BCUT2D eigenvalue weighted by atomic mass is 19.4. The molecule has 7 heteroatoms. The highest BCUT2D eigenvalue weighted by Crippen LogP contribution is 2.29. The molecule has 0 amide bonds. The Kier molecular flexibility index (Phi) is 4.77. The summed E-state index contributed by atoms with van der Waals surface area (Å²) in [6.45, 7) is 0. The van der Waals surface area contributed by atoms with Crippen molar-refractivity contribution in [1.29, 1.82) is 0 Å². The number of rotatable bonds is 4. The molecule has 2 aromatic carbocycles. The number of carbonyl (C=O) groups excluding carboxylic acids is 1. The van der Waals surface area contributed by atoms with Crippen molar-refractivity contribution in [3.63, 3.8) is 0 Å². The maximum absolute atomic E-state index is 13.0. The van der Waals surface area contributed by atoms with E-state index in [1.165, 1.54) is 0 Å². The summed E-state index contributed by atoms with van der Waals surface area (Å²) in [5.74, 6) is -4.80. The van der Waals surface area contributed by atoms with Crippen LogP contribution >= 0.6 is 0 Å². The van der Waals surface area contributed by atoms with Gasteiger partial charge in [0.2, 0.25) is 0 Å². The lowest BCUT2D eigenvalue weighted by atomic mass is 10.0. The Morgan fingerprint density at radius 2 is 1.43 bits per heavy atom. The Labute approximate surface area is 127 Å². The summed E-state index contributed by atoms with van der Waals surface area (Å²) in [5, 5.41) is 0. The van der Waals surface area contributed by atoms with Gasteiger partial charge >= 0.3 is 6.18 Å². The number of hydrogen-bond donors (Lipinski definition) is 0. The summed E-state index contributed by atoms with van der Waals surface area (Å²) in [7, 11) is 0. The molecule has 0 aliphatic rings. The van der Waals surface area contributed by atoms with Gasteiger partial charge in [0.25, 0.3) is 0 Å². The van der Waals surface area contributed by atoms with Crippen LogP contribution in [0.3, 0.4) is 0 Å². The Hall–Kier alpha value is -2.31. The van der Waals surface area contributed by atoms with Crippen molar-refractivity contribution in [3.8, 4) is 0 Å². The number of ketones is 1. The summed E-state index contributed by atoms with van der Waals surface area (Å²) in [6.07, 6.45) is -4.73. The van der Waals surface area contributed by atoms with Crippen molar-refractivity contribution in [3.05, 3.63) is 70.5 Å². The van der Waals surface area contributed by atoms with Crippen molar-refractivity contribution < 1.29 is 31.1 Å². The predicted molar refractivity (Wildman–Crippen MR) is 70.4 cm³/mol. The van der Waals surface area contributed by atoms with Gasteiger partial charge in [-0.1, -0.05) is 12.1 Å². The number of benzene rings is 2. The quantitative estimate of drug-likeness (QED) is 0.440. The zero-order chi connectivity index (χ0) is 17.2. The highest BCUT2D eigenvalue weighted by Gasteiger charge is 2.30. The number of Topliss-reactive ketones (excluding diaryl/α,β-unsaturated/α-hetero) is 1. The third-order valence-electron chi connectivity index (χ3n) is 3.22. The molecule has 0 radical (unpaired) electrons. The highest BCUT2D eigenvalue weighted by molar-refractivity contribution is 5.96. The van der Waals surface area contributed by atoms with E-state index in [1.807, 2.05) is 0 Å². The summed E-state index contributed by atoms with van der Waals surface area (Å²) in [6, 6.07) is 5.19. The first kappa shape index (κ1) is 17.1. The zero-order valence-corrected chi connectivity index (χ0v) is 11.6. The molecular formula is C16H10F6O. The van der Waals surface area contributed by atoms with Crippen molar-refractivity contribution in [1.82, 2.24) is 0 Å². The Morgan fingerprint density at radius 3 is 1.91 bits per heavy atom. The minimum atomic E-state index is -4.50. The summed E-state index contributed by atoms with van der Waals surface area (Å²) in [5.41, 5.74) is -0.737. The number of alkyl halides is 3. The Bertz CT molecular complexity index is 695. The van der Waals surface area contributed by atoms with Crippen LogP contribution in [0.4, 0.5) is 26.3 Å². The van der Waals surface area contributed by atoms with E-state index in [0.29, 0.717) is 0 Å². The first-order chi connectivity index (χ1) is 10.7. The van der Waals surface area contributed by atoms with Gasteiger partial charge in [-0.2, -0.15) is 13.2 Å². The summed E-state index contributed by atoms with van der Waals surface area (Å²) < 4.78 is 76.1.